The number of aryl methyl sites for hydroxylation is 2. The van der Waals surface area contributed by atoms with Gasteiger partial charge < -0.3 is 15.7 Å². The second-order valence-corrected chi connectivity index (χ2v) is 5.99. The molecule has 1 atom stereocenters. The fraction of sp³-hybridized carbons (Fsp3) is 0.467. The van der Waals surface area contributed by atoms with Crippen molar-refractivity contribution in [2.75, 3.05) is 11.9 Å². The topological polar surface area (TPSA) is 78.4 Å². The Morgan fingerprint density at radius 2 is 1.86 bits per heavy atom. The minimum atomic E-state index is -0.881. The van der Waals surface area contributed by atoms with E-state index in [-0.39, 0.29) is 12.6 Å². The van der Waals surface area contributed by atoms with Crippen molar-refractivity contribution in [3.63, 3.8) is 0 Å². The van der Waals surface area contributed by atoms with E-state index < -0.39 is 11.9 Å². The Balaban J connectivity index is 2.64. The van der Waals surface area contributed by atoms with Gasteiger partial charge in [0.05, 0.1) is 5.92 Å². The van der Waals surface area contributed by atoms with E-state index >= 15 is 0 Å². The zero-order valence-corrected chi connectivity index (χ0v) is 14.1. The molecule has 1 unspecified atom stereocenters. The molecule has 1 aromatic carbocycles. The molecule has 1 rings (SSSR count). The molecule has 0 aliphatic carbocycles. The van der Waals surface area contributed by atoms with Gasteiger partial charge in [-0.15, -0.1) is 0 Å². The number of anilines is 1. The molecule has 0 heterocycles. The maximum absolute atomic E-state index is 11.9. The van der Waals surface area contributed by atoms with Crippen molar-refractivity contribution >= 4 is 33.6 Å². The summed E-state index contributed by atoms with van der Waals surface area (Å²) in [5, 5.41) is 14.5. The molecule has 0 bridgehead atoms. The number of carboxylic acids is 1. The molecule has 0 saturated carbocycles. The molecule has 0 aromatic heterocycles. The van der Waals surface area contributed by atoms with Crippen molar-refractivity contribution in [2.24, 2.45) is 5.92 Å². The molecule has 0 saturated heterocycles. The quantitative estimate of drug-likeness (QED) is 0.727. The summed E-state index contributed by atoms with van der Waals surface area (Å²) >= 11 is 3.40. The highest BCUT2D eigenvalue weighted by molar-refractivity contribution is 9.10. The van der Waals surface area contributed by atoms with E-state index in [0.717, 1.165) is 27.7 Å². The Labute approximate surface area is 133 Å². The number of hydrogen-bond acceptors (Lipinski definition) is 2. The van der Waals surface area contributed by atoms with Crippen LogP contribution in [0.5, 0.6) is 0 Å². The van der Waals surface area contributed by atoms with Gasteiger partial charge in [0.1, 0.15) is 0 Å². The van der Waals surface area contributed by atoms with Crippen molar-refractivity contribution in [1.82, 2.24) is 5.32 Å². The summed E-state index contributed by atoms with van der Waals surface area (Å²) in [5.41, 5.74) is 2.64. The van der Waals surface area contributed by atoms with E-state index in [1.165, 1.54) is 0 Å². The Bertz CT molecular complexity index is 509. The van der Waals surface area contributed by atoms with Crippen LogP contribution in [-0.2, 0) is 4.79 Å². The molecule has 5 nitrogen and oxygen atoms in total. The molecule has 2 amide bonds. The standard InChI is InChI=1S/C15H21BrN2O3/c1-4-5-11(14(19)20)8-17-15(21)18-13-9(2)6-12(16)7-10(13)3/h6-7,11H,4-5,8H2,1-3H3,(H,19,20)(H2,17,18,21). The number of carbonyl (C=O) groups is 2. The predicted molar refractivity (Wildman–Crippen MR) is 86.7 cm³/mol. The van der Waals surface area contributed by atoms with Crippen molar-refractivity contribution in [2.45, 2.75) is 33.6 Å². The van der Waals surface area contributed by atoms with Crippen molar-refractivity contribution in [1.29, 1.82) is 0 Å². The first-order valence-electron chi connectivity index (χ1n) is 6.89. The SMILES string of the molecule is CCCC(CNC(=O)Nc1c(C)cc(Br)cc1C)C(=O)O. The zero-order valence-electron chi connectivity index (χ0n) is 12.5. The summed E-state index contributed by atoms with van der Waals surface area (Å²) in [6.45, 7) is 5.86. The maximum Gasteiger partial charge on any atom is 0.319 e. The Kier molecular flexibility index (Phi) is 6.68. The van der Waals surface area contributed by atoms with Crippen LogP contribution in [0.15, 0.2) is 16.6 Å². The first-order chi connectivity index (χ1) is 9.85. The van der Waals surface area contributed by atoms with Gasteiger partial charge >= 0.3 is 12.0 Å². The first-order valence-corrected chi connectivity index (χ1v) is 7.68. The van der Waals surface area contributed by atoms with Gasteiger partial charge in [0, 0.05) is 16.7 Å². The van der Waals surface area contributed by atoms with E-state index in [2.05, 4.69) is 26.6 Å². The highest BCUT2D eigenvalue weighted by Crippen LogP contribution is 2.24. The van der Waals surface area contributed by atoms with E-state index in [0.29, 0.717) is 6.42 Å². The lowest BCUT2D eigenvalue weighted by Crippen LogP contribution is -2.36. The second-order valence-electron chi connectivity index (χ2n) is 5.07. The molecule has 3 N–H and O–H groups in total. The predicted octanol–water partition coefficient (Wildman–Crippen LogP) is 3.69. The van der Waals surface area contributed by atoms with Gasteiger partial charge in [-0.3, -0.25) is 4.79 Å². The summed E-state index contributed by atoms with van der Waals surface area (Å²) < 4.78 is 0.956. The smallest absolute Gasteiger partial charge is 0.319 e. The van der Waals surface area contributed by atoms with Crippen molar-refractivity contribution in [3.05, 3.63) is 27.7 Å². The van der Waals surface area contributed by atoms with E-state index in [1.807, 2.05) is 32.9 Å². The van der Waals surface area contributed by atoms with Crippen LogP contribution >= 0.6 is 15.9 Å². The number of halogens is 1. The molecular formula is C15H21BrN2O3. The van der Waals surface area contributed by atoms with Crippen molar-refractivity contribution < 1.29 is 14.7 Å². The van der Waals surface area contributed by atoms with E-state index in [4.69, 9.17) is 5.11 Å². The highest BCUT2D eigenvalue weighted by atomic mass is 79.9. The third kappa shape index (κ3) is 5.38. The number of carboxylic acid groups (broad SMARTS) is 1. The zero-order chi connectivity index (χ0) is 16.0. The largest absolute Gasteiger partial charge is 0.481 e. The lowest BCUT2D eigenvalue weighted by Gasteiger charge is -2.15. The molecule has 116 valence electrons. The fourth-order valence-corrected chi connectivity index (χ4v) is 2.83. The Morgan fingerprint density at radius 3 is 2.33 bits per heavy atom. The number of benzene rings is 1. The molecule has 0 aliphatic heterocycles. The van der Waals surface area contributed by atoms with Gasteiger partial charge in [-0.1, -0.05) is 29.3 Å². The number of carbonyl (C=O) groups excluding carboxylic acids is 1. The maximum atomic E-state index is 11.9. The fourth-order valence-electron chi connectivity index (χ4n) is 2.14. The van der Waals surface area contributed by atoms with Crippen LogP contribution < -0.4 is 10.6 Å². The minimum Gasteiger partial charge on any atom is -0.481 e. The molecule has 0 aliphatic rings. The molecule has 21 heavy (non-hydrogen) atoms. The first kappa shape index (κ1) is 17.5. The van der Waals surface area contributed by atoms with Gasteiger partial charge in [-0.05, 0) is 43.5 Å². The van der Waals surface area contributed by atoms with Gasteiger partial charge in [0.15, 0.2) is 0 Å². The minimum absolute atomic E-state index is 0.129. The summed E-state index contributed by atoms with van der Waals surface area (Å²) in [5.74, 6) is -1.43. The van der Waals surface area contributed by atoms with E-state index in [1.54, 1.807) is 0 Å². The van der Waals surface area contributed by atoms with Crippen LogP contribution in [0.2, 0.25) is 0 Å². The Morgan fingerprint density at radius 1 is 1.29 bits per heavy atom. The summed E-state index contributed by atoms with van der Waals surface area (Å²) in [6.07, 6.45) is 1.32. The summed E-state index contributed by atoms with van der Waals surface area (Å²) in [6, 6.07) is 3.45. The number of urea groups is 1. The van der Waals surface area contributed by atoms with Crippen LogP contribution in [0.1, 0.15) is 30.9 Å². The molecule has 1 aromatic rings. The average molecular weight is 357 g/mol. The number of hydrogen-bond donors (Lipinski definition) is 3. The molecule has 0 spiro atoms. The molecule has 0 fully saturated rings. The average Bonchev–Trinajstić information content (AvgIpc) is 2.38. The lowest BCUT2D eigenvalue weighted by atomic mass is 10.0. The van der Waals surface area contributed by atoms with Gasteiger partial charge in [-0.25, -0.2) is 4.79 Å². The summed E-state index contributed by atoms with van der Waals surface area (Å²) in [4.78, 5) is 22.9. The van der Waals surface area contributed by atoms with Crippen LogP contribution in [0.25, 0.3) is 0 Å². The number of amides is 2. The van der Waals surface area contributed by atoms with Crippen LogP contribution in [0, 0.1) is 19.8 Å². The van der Waals surface area contributed by atoms with Crippen LogP contribution in [0.4, 0.5) is 10.5 Å². The monoisotopic (exact) mass is 356 g/mol. The van der Waals surface area contributed by atoms with Crippen LogP contribution in [-0.4, -0.2) is 23.7 Å². The highest BCUT2D eigenvalue weighted by Gasteiger charge is 2.17. The van der Waals surface area contributed by atoms with Gasteiger partial charge in [-0.2, -0.15) is 0 Å². The second kappa shape index (κ2) is 8.02. The molecular weight excluding hydrogens is 336 g/mol. The van der Waals surface area contributed by atoms with Crippen molar-refractivity contribution in [3.8, 4) is 0 Å². The third-order valence-corrected chi connectivity index (χ3v) is 3.69. The summed E-state index contributed by atoms with van der Waals surface area (Å²) in [7, 11) is 0. The Hall–Kier alpha value is -1.56. The van der Waals surface area contributed by atoms with Crippen LogP contribution in [0.3, 0.4) is 0 Å². The normalized spacial score (nSPS) is 11.8. The number of rotatable bonds is 6. The lowest BCUT2D eigenvalue weighted by molar-refractivity contribution is -0.141. The van der Waals surface area contributed by atoms with Gasteiger partial charge in [0.25, 0.3) is 0 Å². The third-order valence-electron chi connectivity index (χ3n) is 3.23. The van der Waals surface area contributed by atoms with Gasteiger partial charge in [0.2, 0.25) is 0 Å². The molecule has 0 radical (unpaired) electrons. The number of aliphatic carboxylic acids is 1. The molecule has 6 heteroatoms. The number of nitrogens with one attached hydrogen (secondary N) is 2. The van der Waals surface area contributed by atoms with E-state index in [9.17, 15) is 9.59 Å².